The molecule has 4 aromatic rings. The first-order valence-corrected chi connectivity index (χ1v) is 30.7. The molecule has 8 saturated carbocycles. The maximum Gasteiger partial charge on any atom is 1.00 e. The minimum atomic E-state index is -0.439. The first-order valence-electron chi connectivity index (χ1n) is 28.1. The van der Waals surface area contributed by atoms with Gasteiger partial charge in [0.15, 0.2) is 5.78 Å². The van der Waals surface area contributed by atoms with Crippen molar-refractivity contribution in [3.63, 3.8) is 0 Å². The van der Waals surface area contributed by atoms with Gasteiger partial charge in [0.05, 0.1) is 18.3 Å². The molecule has 2 heterocycles. The molecule has 8 fully saturated rings. The Morgan fingerprint density at radius 3 is 1.57 bits per heavy atom. The first kappa shape index (κ1) is 64.3. The molecular formula is C65H99BrLiNO5S2. The minimum Gasteiger partial charge on any atom is -0.390 e. The molecule has 12 rings (SSSR count). The zero-order valence-electron chi connectivity index (χ0n) is 45.3. The van der Waals surface area contributed by atoms with Gasteiger partial charge in [-0.1, -0.05) is 85.9 Å². The Kier molecular flexibility index (Phi) is 22.6. The van der Waals surface area contributed by atoms with Gasteiger partial charge < -0.3 is 17.1 Å². The number of carbonyl (C=O) groups is 2. The van der Waals surface area contributed by atoms with Crippen molar-refractivity contribution in [2.45, 2.75) is 197 Å². The van der Waals surface area contributed by atoms with Crippen molar-refractivity contribution >= 4 is 70.5 Å². The largest absolute Gasteiger partial charge is 1.00 e. The molecule has 0 spiro atoms. The summed E-state index contributed by atoms with van der Waals surface area (Å²) in [6, 6.07) is 16.8. The molecule has 0 radical (unpaired) electrons. The smallest absolute Gasteiger partial charge is 0.390 e. The number of unbranched alkanes of at least 4 members (excludes halogenated alkanes) is 1. The summed E-state index contributed by atoms with van der Waals surface area (Å²) in [6.45, 7) is 14.7. The molecule has 2 aromatic carbocycles. The number of rotatable bonds is 5. The molecule has 16 atom stereocenters. The molecule has 6 nitrogen and oxygen atoms in total. The van der Waals surface area contributed by atoms with Crippen LogP contribution in [0.2, 0.25) is 0 Å². The fourth-order valence-corrected chi connectivity index (χ4v) is 20.1. The predicted octanol–water partition coefficient (Wildman–Crippen LogP) is 15.3. The van der Waals surface area contributed by atoms with Gasteiger partial charge in [-0.25, -0.2) is 5.06 Å². The third-order valence-corrected chi connectivity index (χ3v) is 24.1. The first-order chi connectivity index (χ1) is 33.9. The zero-order valence-corrected chi connectivity index (χ0v) is 48.5. The molecule has 2 N–H and O–H groups in total. The van der Waals surface area contributed by atoms with Gasteiger partial charge in [-0.05, 0) is 227 Å². The second kappa shape index (κ2) is 26.4. The van der Waals surface area contributed by atoms with Crippen LogP contribution >= 0.6 is 38.6 Å². The van der Waals surface area contributed by atoms with Crippen molar-refractivity contribution < 1.29 is 43.5 Å². The molecule has 0 saturated heterocycles. The van der Waals surface area contributed by atoms with Crippen LogP contribution in [0.3, 0.4) is 0 Å². The molecule has 1 amide bonds. The van der Waals surface area contributed by atoms with E-state index in [1.807, 2.05) is 6.92 Å². The van der Waals surface area contributed by atoms with Gasteiger partial charge in [0, 0.05) is 59.9 Å². The maximum absolute atomic E-state index is 13.8. The number of fused-ring (bicyclic) bond motifs is 12. The Balaban J connectivity index is 0.000000213. The van der Waals surface area contributed by atoms with Crippen LogP contribution < -0.4 is 18.9 Å². The predicted molar refractivity (Wildman–Crippen MR) is 318 cm³/mol. The van der Waals surface area contributed by atoms with Gasteiger partial charge in [0.25, 0.3) is 0 Å². The van der Waals surface area contributed by atoms with Gasteiger partial charge in [-0.2, -0.15) is 6.42 Å². The van der Waals surface area contributed by atoms with Crippen molar-refractivity contribution in [3.8, 4) is 0 Å². The zero-order chi connectivity index (χ0) is 50.5. The van der Waals surface area contributed by atoms with Gasteiger partial charge in [-0.15, -0.1) is 22.7 Å². The molecule has 0 aliphatic heterocycles. The van der Waals surface area contributed by atoms with Crippen molar-refractivity contribution in [3.05, 3.63) is 76.3 Å². The number of carbonyl (C=O) groups excluding carboxylic acids is 2. The van der Waals surface area contributed by atoms with Gasteiger partial charge >= 0.3 is 18.9 Å². The van der Waals surface area contributed by atoms with E-state index in [1.54, 1.807) is 36.8 Å². The second-order valence-corrected chi connectivity index (χ2v) is 27.8. The topological polar surface area (TPSA) is 87.1 Å². The Hall–Kier alpha value is -1.54. The van der Waals surface area contributed by atoms with Gasteiger partial charge in [0.1, 0.15) is 0 Å². The minimum absolute atomic E-state index is 0. The molecule has 414 valence electrons. The Bertz CT molecular complexity index is 2470. The summed E-state index contributed by atoms with van der Waals surface area (Å²) in [6.07, 6.45) is 23.4. The normalized spacial score (nSPS) is 37.7. The SMILES string of the molecule is Brc1csc2ccccc12.C.C.C.CON(C)C(=O)[C@H]1CC[C@H]2[C@@H]3CC[C@@H]4C[C@](C)(O)CC[C@@H]4[C@H]3CC[C@]12C.C[C@@]1(O)CC[C@H]2[C@H](CC[C@@H]3[C@@H]2CC[C@]2(C)[C@@H](C(=O)c4csc5ccccc45)CC[C@@H]32)C1.[CH2-]CCC.[Li+]. The van der Waals surface area contributed by atoms with Crippen LogP contribution in [0.15, 0.2) is 63.8 Å². The third-order valence-electron chi connectivity index (χ3n) is 21.2. The number of hydroxylamine groups is 2. The molecule has 0 unspecified atom stereocenters. The van der Waals surface area contributed by atoms with Crippen molar-refractivity contribution in [2.24, 2.45) is 81.8 Å². The summed E-state index contributed by atoms with van der Waals surface area (Å²) in [5, 5.41) is 29.3. The quantitative estimate of drug-likeness (QED) is 0.0900. The number of hydrogen-bond acceptors (Lipinski definition) is 7. The van der Waals surface area contributed by atoms with E-state index < -0.39 is 11.2 Å². The third kappa shape index (κ3) is 12.8. The van der Waals surface area contributed by atoms with Crippen LogP contribution in [0.4, 0.5) is 0 Å². The van der Waals surface area contributed by atoms with Crippen LogP contribution in [-0.4, -0.2) is 52.3 Å². The van der Waals surface area contributed by atoms with Crippen LogP contribution in [0.5, 0.6) is 0 Å². The van der Waals surface area contributed by atoms with Crippen LogP contribution in [0.1, 0.15) is 196 Å². The van der Waals surface area contributed by atoms with Crippen molar-refractivity contribution in [1.82, 2.24) is 5.06 Å². The fraction of sp³-hybridized carbons (Fsp3) is 0.708. The number of amides is 1. The summed E-state index contributed by atoms with van der Waals surface area (Å²) < 4.78 is 3.78. The molecule has 2 aromatic heterocycles. The summed E-state index contributed by atoms with van der Waals surface area (Å²) in [7, 11) is 3.34. The van der Waals surface area contributed by atoms with Gasteiger partial charge in [0.2, 0.25) is 5.91 Å². The van der Waals surface area contributed by atoms with E-state index in [0.29, 0.717) is 17.6 Å². The summed E-state index contributed by atoms with van der Waals surface area (Å²) in [5.74, 6) is 8.69. The van der Waals surface area contributed by atoms with Crippen LogP contribution in [0.25, 0.3) is 20.2 Å². The summed E-state index contributed by atoms with van der Waals surface area (Å²) in [5.41, 5.74) is 0.428. The second-order valence-electron chi connectivity index (χ2n) is 25.2. The van der Waals surface area contributed by atoms with E-state index in [9.17, 15) is 19.8 Å². The molecule has 0 bridgehead atoms. The van der Waals surface area contributed by atoms with Crippen LogP contribution in [-0.2, 0) is 9.63 Å². The number of benzene rings is 2. The number of hydrogen-bond donors (Lipinski definition) is 2. The molecule has 75 heavy (non-hydrogen) atoms. The van der Waals surface area contributed by atoms with E-state index in [1.165, 1.54) is 108 Å². The summed E-state index contributed by atoms with van der Waals surface area (Å²) in [4.78, 5) is 31.9. The Labute approximate surface area is 484 Å². The number of ketones is 1. The van der Waals surface area contributed by atoms with E-state index in [4.69, 9.17) is 4.84 Å². The molecule has 8 aliphatic rings. The fourth-order valence-electron chi connectivity index (χ4n) is 17.6. The van der Waals surface area contributed by atoms with Crippen molar-refractivity contribution in [1.29, 1.82) is 0 Å². The van der Waals surface area contributed by atoms with E-state index in [2.05, 4.69) is 110 Å². The number of halogens is 1. The average molecular weight is 1130 g/mol. The standard InChI is InChI=1S/C28H36O2S.C22H37NO3.C8H5BrS.C4H9.3CH4.Li/c1-27(30)13-11-18-17(15-27)7-8-20-19(18)12-14-28(2)23(20)9-10-24(28)26(29)22-16-31-25-6-4-3-5-21(22)25;1-21(25)11-9-15-14(13-21)5-6-17-16(15)10-12-22(2)18(17)7-8-19(22)20(24)23(3)26-4;9-7-5-10-8-4-2-1-3-6(7)8;1-3-4-2;;;;/h3-6,16-20,23-24,30H,7-15H2,1-2H3;14-19,25H,5-13H2,1-4H3;1-5H;1,3-4H2,2H3;3*1H4;/q;;;-1;;;;+1/t17-,18+,19-,20-,23+,24-,27-,28+;14-,15+,16-,17-,18+,19-,21-,22+;;;;;;/m11....../s1. The van der Waals surface area contributed by atoms with E-state index in [0.717, 1.165) is 103 Å². The Morgan fingerprint density at radius 2 is 1.08 bits per heavy atom. The number of Topliss-reactive ketones (excluding diaryl/α,β-unsaturated/α-hetero) is 1. The number of nitrogens with zero attached hydrogens (tertiary/aromatic N) is 1. The average Bonchev–Trinajstić information content (AvgIpc) is 4.15. The van der Waals surface area contributed by atoms with Crippen LogP contribution in [0, 0.1) is 88.8 Å². The molecule has 8 aliphatic carbocycles. The van der Waals surface area contributed by atoms with Gasteiger partial charge in [-0.3, -0.25) is 14.4 Å². The van der Waals surface area contributed by atoms with E-state index in [-0.39, 0.29) is 69.7 Å². The molecular weight excluding hydrogens is 1030 g/mol. The molecule has 10 heteroatoms. The summed E-state index contributed by atoms with van der Waals surface area (Å²) >= 11 is 6.96. The van der Waals surface area contributed by atoms with E-state index >= 15 is 0 Å². The maximum atomic E-state index is 13.8. The monoisotopic (exact) mass is 1120 g/mol. The Morgan fingerprint density at radius 1 is 0.640 bits per heavy atom. The van der Waals surface area contributed by atoms with Crippen molar-refractivity contribution in [2.75, 3.05) is 14.2 Å². The number of thiophene rings is 2. The number of aliphatic hydroxyl groups is 2.